The molecule has 0 radical (unpaired) electrons. The molecule has 0 saturated heterocycles. The van der Waals surface area contributed by atoms with Gasteiger partial charge in [-0.1, -0.05) is 15.9 Å². The first-order valence-electron chi connectivity index (χ1n) is 3.82. The van der Waals surface area contributed by atoms with E-state index in [4.69, 9.17) is 4.74 Å². The van der Waals surface area contributed by atoms with E-state index in [0.29, 0.717) is 0 Å². The Balaban J connectivity index is 3.06. The van der Waals surface area contributed by atoms with Gasteiger partial charge in [0.1, 0.15) is 5.75 Å². The van der Waals surface area contributed by atoms with Crippen molar-refractivity contribution in [3.63, 3.8) is 0 Å². The summed E-state index contributed by atoms with van der Waals surface area (Å²) in [5, 5.41) is 0. The van der Waals surface area contributed by atoms with E-state index in [0.717, 1.165) is 19.2 Å². The summed E-state index contributed by atoms with van der Waals surface area (Å²) in [6.07, 6.45) is 0.175. The molecular formula is C9H9Br3O. The van der Waals surface area contributed by atoms with Gasteiger partial charge in [0.05, 0.1) is 15.0 Å². The second-order valence-electron chi connectivity index (χ2n) is 2.87. The van der Waals surface area contributed by atoms with Crippen molar-refractivity contribution in [3.05, 3.63) is 25.6 Å². The van der Waals surface area contributed by atoms with Crippen LogP contribution in [0.4, 0.5) is 0 Å². The maximum Gasteiger partial charge on any atom is 0.148 e. The van der Waals surface area contributed by atoms with Crippen LogP contribution < -0.4 is 4.74 Å². The van der Waals surface area contributed by atoms with Crippen LogP contribution in [0.25, 0.3) is 0 Å². The van der Waals surface area contributed by atoms with Gasteiger partial charge in [-0.05, 0) is 57.8 Å². The topological polar surface area (TPSA) is 9.23 Å². The summed E-state index contributed by atoms with van der Waals surface area (Å²) < 4.78 is 8.53. The van der Waals surface area contributed by atoms with Crippen molar-refractivity contribution in [2.24, 2.45) is 0 Å². The van der Waals surface area contributed by atoms with Gasteiger partial charge in [0.2, 0.25) is 0 Å². The molecule has 0 amide bonds. The Hall–Kier alpha value is 0.460. The SMILES string of the molecule is CC(C)Oc1c(Br)cc(Br)cc1Br. The first kappa shape index (κ1) is 11.5. The molecule has 0 heterocycles. The molecule has 0 aliphatic carbocycles. The fourth-order valence-electron chi connectivity index (χ4n) is 0.877. The normalized spacial score (nSPS) is 10.6. The molecule has 13 heavy (non-hydrogen) atoms. The first-order valence-corrected chi connectivity index (χ1v) is 6.20. The van der Waals surface area contributed by atoms with Gasteiger partial charge in [0.15, 0.2) is 0 Å². The van der Waals surface area contributed by atoms with Crippen LogP contribution in [-0.4, -0.2) is 6.10 Å². The molecule has 0 aliphatic heterocycles. The molecule has 1 aromatic carbocycles. The van der Waals surface area contributed by atoms with E-state index in [1.807, 2.05) is 26.0 Å². The minimum atomic E-state index is 0.175. The zero-order chi connectivity index (χ0) is 10.0. The molecule has 0 aliphatic rings. The number of hydrogen-bond donors (Lipinski definition) is 0. The Morgan fingerprint density at radius 1 is 1.08 bits per heavy atom. The molecule has 1 rings (SSSR count). The van der Waals surface area contributed by atoms with Gasteiger partial charge in [-0.15, -0.1) is 0 Å². The number of benzene rings is 1. The highest BCUT2D eigenvalue weighted by atomic mass is 79.9. The predicted molar refractivity (Wildman–Crippen MR) is 65.3 cm³/mol. The molecule has 4 heteroatoms. The Morgan fingerprint density at radius 2 is 1.54 bits per heavy atom. The average molecular weight is 373 g/mol. The lowest BCUT2D eigenvalue weighted by molar-refractivity contribution is 0.239. The summed E-state index contributed by atoms with van der Waals surface area (Å²) >= 11 is 10.3. The van der Waals surface area contributed by atoms with Gasteiger partial charge in [-0.25, -0.2) is 0 Å². The van der Waals surface area contributed by atoms with E-state index >= 15 is 0 Å². The predicted octanol–water partition coefficient (Wildman–Crippen LogP) is 4.76. The van der Waals surface area contributed by atoms with Crippen molar-refractivity contribution in [2.45, 2.75) is 20.0 Å². The van der Waals surface area contributed by atoms with E-state index in [2.05, 4.69) is 47.8 Å². The maximum atomic E-state index is 5.62. The van der Waals surface area contributed by atoms with Gasteiger partial charge in [0, 0.05) is 4.47 Å². The summed E-state index contributed by atoms with van der Waals surface area (Å²) in [6.45, 7) is 4.00. The highest BCUT2D eigenvalue weighted by molar-refractivity contribution is 9.11. The van der Waals surface area contributed by atoms with Crippen molar-refractivity contribution >= 4 is 47.8 Å². The van der Waals surface area contributed by atoms with Crippen LogP contribution in [0.5, 0.6) is 5.75 Å². The van der Waals surface area contributed by atoms with Gasteiger partial charge in [0.25, 0.3) is 0 Å². The number of ether oxygens (including phenoxy) is 1. The smallest absolute Gasteiger partial charge is 0.148 e. The zero-order valence-electron chi connectivity index (χ0n) is 7.27. The van der Waals surface area contributed by atoms with Gasteiger partial charge >= 0.3 is 0 Å². The first-order chi connectivity index (χ1) is 6.00. The quantitative estimate of drug-likeness (QED) is 0.727. The van der Waals surface area contributed by atoms with Crippen molar-refractivity contribution in [1.82, 2.24) is 0 Å². The molecule has 0 spiro atoms. The van der Waals surface area contributed by atoms with Gasteiger partial charge in [-0.3, -0.25) is 0 Å². The fraction of sp³-hybridized carbons (Fsp3) is 0.333. The lowest BCUT2D eigenvalue weighted by Crippen LogP contribution is -2.06. The summed E-state index contributed by atoms with van der Waals surface area (Å²) in [5.74, 6) is 0.846. The Bertz CT molecular complexity index is 287. The molecule has 72 valence electrons. The Morgan fingerprint density at radius 3 is 1.92 bits per heavy atom. The molecule has 1 nitrogen and oxygen atoms in total. The van der Waals surface area contributed by atoms with E-state index in [9.17, 15) is 0 Å². The lowest BCUT2D eigenvalue weighted by Gasteiger charge is -2.13. The van der Waals surface area contributed by atoms with Crippen molar-refractivity contribution in [3.8, 4) is 5.75 Å². The molecule has 0 N–H and O–H groups in total. The van der Waals surface area contributed by atoms with Crippen molar-refractivity contribution in [2.75, 3.05) is 0 Å². The van der Waals surface area contributed by atoms with Crippen LogP contribution in [-0.2, 0) is 0 Å². The second-order valence-corrected chi connectivity index (χ2v) is 5.49. The summed E-state index contributed by atoms with van der Waals surface area (Å²) in [4.78, 5) is 0. The fourth-order valence-corrected chi connectivity index (χ4v) is 3.32. The van der Waals surface area contributed by atoms with Crippen molar-refractivity contribution in [1.29, 1.82) is 0 Å². The number of rotatable bonds is 2. The number of hydrogen-bond acceptors (Lipinski definition) is 1. The molecule has 0 fully saturated rings. The van der Waals surface area contributed by atoms with Crippen LogP contribution in [0, 0.1) is 0 Å². The second kappa shape index (κ2) is 4.80. The highest BCUT2D eigenvalue weighted by Crippen LogP contribution is 2.36. The van der Waals surface area contributed by atoms with E-state index < -0.39 is 0 Å². The van der Waals surface area contributed by atoms with Gasteiger partial charge < -0.3 is 4.74 Å². The van der Waals surface area contributed by atoms with E-state index in [1.165, 1.54) is 0 Å². The van der Waals surface area contributed by atoms with Gasteiger partial charge in [-0.2, -0.15) is 0 Å². The summed E-state index contributed by atoms with van der Waals surface area (Å²) in [7, 11) is 0. The Labute approximate surface area is 103 Å². The molecule has 0 atom stereocenters. The summed E-state index contributed by atoms with van der Waals surface area (Å²) in [5.41, 5.74) is 0. The third-order valence-corrected chi connectivity index (χ3v) is 2.95. The molecule has 0 unspecified atom stereocenters. The van der Waals surface area contributed by atoms with E-state index in [1.54, 1.807) is 0 Å². The van der Waals surface area contributed by atoms with Crippen LogP contribution >= 0.6 is 47.8 Å². The summed E-state index contributed by atoms with van der Waals surface area (Å²) in [6, 6.07) is 3.92. The number of halogens is 3. The molecule has 0 bridgehead atoms. The van der Waals surface area contributed by atoms with E-state index in [-0.39, 0.29) is 6.10 Å². The molecular weight excluding hydrogens is 364 g/mol. The molecule has 1 aromatic rings. The average Bonchev–Trinajstić information content (AvgIpc) is 1.96. The minimum absolute atomic E-state index is 0.175. The lowest BCUT2D eigenvalue weighted by atomic mass is 10.3. The van der Waals surface area contributed by atoms with Crippen LogP contribution in [0.3, 0.4) is 0 Å². The molecule has 0 aromatic heterocycles. The third-order valence-electron chi connectivity index (χ3n) is 1.32. The standard InChI is InChI=1S/C9H9Br3O/c1-5(2)13-9-7(11)3-6(10)4-8(9)12/h3-5H,1-2H3. The largest absolute Gasteiger partial charge is 0.489 e. The molecule has 0 saturated carbocycles. The Kier molecular flexibility index (Phi) is 4.26. The minimum Gasteiger partial charge on any atom is -0.489 e. The van der Waals surface area contributed by atoms with Crippen LogP contribution in [0.1, 0.15) is 13.8 Å². The van der Waals surface area contributed by atoms with Crippen molar-refractivity contribution < 1.29 is 4.74 Å². The van der Waals surface area contributed by atoms with Crippen LogP contribution in [0.2, 0.25) is 0 Å². The monoisotopic (exact) mass is 370 g/mol. The highest BCUT2D eigenvalue weighted by Gasteiger charge is 2.09. The maximum absolute atomic E-state index is 5.62. The zero-order valence-corrected chi connectivity index (χ0v) is 12.0. The van der Waals surface area contributed by atoms with Crippen LogP contribution in [0.15, 0.2) is 25.6 Å². The third kappa shape index (κ3) is 3.26.